The summed E-state index contributed by atoms with van der Waals surface area (Å²) in [6.07, 6.45) is 72.9. The van der Waals surface area contributed by atoms with E-state index in [4.69, 9.17) is 14.2 Å². The van der Waals surface area contributed by atoms with E-state index in [1.165, 1.54) is 231 Å². The molecule has 0 fully saturated rings. The number of carbonyl (C=O) groups excluding carboxylic acids is 3. The van der Waals surface area contributed by atoms with Crippen molar-refractivity contribution in [2.24, 2.45) is 0 Å². The van der Waals surface area contributed by atoms with Crippen LogP contribution in [0, 0.1) is 0 Å². The maximum atomic E-state index is 12.9. The van der Waals surface area contributed by atoms with E-state index in [2.05, 4.69) is 57.2 Å². The Balaban J connectivity index is 4.29. The van der Waals surface area contributed by atoms with E-state index in [1.54, 1.807) is 0 Å². The standard InChI is InChI=1S/C65H120O6/c1-4-7-10-13-16-19-22-25-27-29-31-32-34-35-37-40-43-46-49-52-55-58-64(67)70-61-62(60-69-63(66)57-54-51-48-45-42-39-24-21-18-15-12-9-6-3)71-65(68)59-56-53-50-47-44-41-38-36-33-30-28-26-23-20-17-14-11-8-5-2/h17,20-21,24,26,28,62H,4-16,18-19,22-23,25,27,29-61H2,1-3H3/b20-17-,24-21-,28-26-. The van der Waals surface area contributed by atoms with Gasteiger partial charge in [0.25, 0.3) is 0 Å². The molecule has 0 aliphatic heterocycles. The van der Waals surface area contributed by atoms with Gasteiger partial charge in [-0.05, 0) is 77.0 Å². The molecule has 71 heavy (non-hydrogen) atoms. The molecule has 0 aromatic rings. The summed E-state index contributed by atoms with van der Waals surface area (Å²) < 4.78 is 16.9. The highest BCUT2D eigenvalue weighted by molar-refractivity contribution is 5.71. The molecule has 6 heteroatoms. The van der Waals surface area contributed by atoms with Crippen molar-refractivity contribution in [1.82, 2.24) is 0 Å². The molecule has 1 unspecified atom stereocenters. The number of allylic oxidation sites excluding steroid dienone is 6. The van der Waals surface area contributed by atoms with Crippen LogP contribution in [0.5, 0.6) is 0 Å². The first-order valence-corrected chi connectivity index (χ1v) is 31.5. The second kappa shape index (κ2) is 60.2. The Morgan fingerprint density at radius 2 is 0.507 bits per heavy atom. The van der Waals surface area contributed by atoms with Crippen molar-refractivity contribution in [3.8, 4) is 0 Å². The van der Waals surface area contributed by atoms with Gasteiger partial charge in [0.15, 0.2) is 6.10 Å². The molecule has 0 rings (SSSR count). The number of ether oxygens (including phenoxy) is 3. The number of esters is 3. The van der Waals surface area contributed by atoms with Crippen molar-refractivity contribution < 1.29 is 28.6 Å². The highest BCUT2D eigenvalue weighted by Crippen LogP contribution is 2.17. The minimum absolute atomic E-state index is 0.0723. The van der Waals surface area contributed by atoms with Crippen LogP contribution in [0.25, 0.3) is 0 Å². The summed E-state index contributed by atoms with van der Waals surface area (Å²) in [5.74, 6) is -0.864. The number of carbonyl (C=O) groups is 3. The topological polar surface area (TPSA) is 78.9 Å². The second-order valence-electron chi connectivity index (χ2n) is 21.3. The number of hydrogen-bond donors (Lipinski definition) is 0. The molecule has 0 bridgehead atoms. The van der Waals surface area contributed by atoms with E-state index < -0.39 is 6.10 Å². The van der Waals surface area contributed by atoms with Crippen molar-refractivity contribution >= 4 is 17.9 Å². The van der Waals surface area contributed by atoms with Crippen molar-refractivity contribution in [1.29, 1.82) is 0 Å². The van der Waals surface area contributed by atoms with Crippen LogP contribution in [-0.2, 0) is 28.6 Å². The molecule has 0 N–H and O–H groups in total. The lowest BCUT2D eigenvalue weighted by Crippen LogP contribution is -2.30. The first-order chi connectivity index (χ1) is 35.0. The molecule has 0 amide bonds. The zero-order valence-electron chi connectivity index (χ0n) is 47.8. The molecule has 1 atom stereocenters. The van der Waals surface area contributed by atoms with Crippen LogP contribution in [0.2, 0.25) is 0 Å². The Morgan fingerprint density at radius 1 is 0.282 bits per heavy atom. The summed E-state index contributed by atoms with van der Waals surface area (Å²) in [7, 11) is 0. The molecule has 0 saturated carbocycles. The van der Waals surface area contributed by atoms with Gasteiger partial charge in [-0.2, -0.15) is 0 Å². The van der Waals surface area contributed by atoms with Gasteiger partial charge in [-0.25, -0.2) is 0 Å². The summed E-state index contributed by atoms with van der Waals surface area (Å²) in [6, 6.07) is 0. The Labute approximate surface area is 442 Å². The van der Waals surface area contributed by atoms with Crippen LogP contribution < -0.4 is 0 Å². The second-order valence-corrected chi connectivity index (χ2v) is 21.3. The fraction of sp³-hybridized carbons (Fsp3) is 0.862. The van der Waals surface area contributed by atoms with Gasteiger partial charge in [-0.15, -0.1) is 0 Å². The molecule has 416 valence electrons. The molecule has 0 aliphatic rings. The van der Waals surface area contributed by atoms with Gasteiger partial charge in [-0.1, -0.05) is 282 Å². The minimum atomic E-state index is -0.775. The molecule has 6 nitrogen and oxygen atoms in total. The molecule has 0 aromatic carbocycles. The maximum Gasteiger partial charge on any atom is 0.306 e. The van der Waals surface area contributed by atoms with Crippen LogP contribution in [-0.4, -0.2) is 37.2 Å². The zero-order valence-corrected chi connectivity index (χ0v) is 47.8. The molecule has 0 radical (unpaired) electrons. The Morgan fingerprint density at radius 3 is 0.831 bits per heavy atom. The van der Waals surface area contributed by atoms with Gasteiger partial charge in [-0.3, -0.25) is 14.4 Å². The Kier molecular flexibility index (Phi) is 58.2. The lowest BCUT2D eigenvalue weighted by Gasteiger charge is -2.18. The van der Waals surface area contributed by atoms with Gasteiger partial charge in [0.05, 0.1) is 0 Å². The fourth-order valence-electron chi connectivity index (χ4n) is 9.35. The molecule has 0 aromatic heterocycles. The van der Waals surface area contributed by atoms with E-state index in [9.17, 15) is 14.4 Å². The smallest absolute Gasteiger partial charge is 0.306 e. The summed E-state index contributed by atoms with van der Waals surface area (Å²) in [4.78, 5) is 38.3. The number of rotatable bonds is 58. The van der Waals surface area contributed by atoms with Crippen LogP contribution in [0.4, 0.5) is 0 Å². The predicted octanol–water partition coefficient (Wildman–Crippen LogP) is 21.2. The maximum absolute atomic E-state index is 12.9. The highest BCUT2D eigenvalue weighted by atomic mass is 16.6. The van der Waals surface area contributed by atoms with E-state index in [0.717, 1.165) is 70.6 Å². The van der Waals surface area contributed by atoms with Gasteiger partial charge in [0.1, 0.15) is 13.2 Å². The summed E-state index contributed by atoms with van der Waals surface area (Å²) in [6.45, 7) is 6.65. The SMILES string of the molecule is CCCCC/C=C\C/C=C\CCCCCCCCCCCC(=O)OC(COC(=O)CCCCCCC/C=C\CCCCCC)COC(=O)CCCCCCCCCCCCCCCCCCCCCCC. The average Bonchev–Trinajstić information content (AvgIpc) is 3.37. The van der Waals surface area contributed by atoms with Crippen molar-refractivity contribution in [3.05, 3.63) is 36.5 Å². The normalized spacial score (nSPS) is 12.2. The Bertz CT molecular complexity index is 1190. The molecule has 0 saturated heterocycles. The molecular weight excluding hydrogens is 877 g/mol. The Hall–Kier alpha value is -2.37. The molecule has 0 spiro atoms. The first kappa shape index (κ1) is 68.6. The average molecular weight is 998 g/mol. The van der Waals surface area contributed by atoms with Crippen molar-refractivity contribution in [3.63, 3.8) is 0 Å². The summed E-state index contributed by atoms with van der Waals surface area (Å²) in [5.41, 5.74) is 0. The van der Waals surface area contributed by atoms with E-state index in [-0.39, 0.29) is 31.1 Å². The van der Waals surface area contributed by atoms with Crippen molar-refractivity contribution in [2.45, 2.75) is 348 Å². The van der Waals surface area contributed by atoms with Gasteiger partial charge in [0, 0.05) is 19.3 Å². The number of hydrogen-bond acceptors (Lipinski definition) is 6. The van der Waals surface area contributed by atoms with Crippen molar-refractivity contribution in [2.75, 3.05) is 13.2 Å². The van der Waals surface area contributed by atoms with Gasteiger partial charge in [0.2, 0.25) is 0 Å². The van der Waals surface area contributed by atoms with Gasteiger partial charge >= 0.3 is 17.9 Å². The van der Waals surface area contributed by atoms with Crippen LogP contribution in [0.1, 0.15) is 342 Å². The fourth-order valence-corrected chi connectivity index (χ4v) is 9.35. The lowest BCUT2D eigenvalue weighted by atomic mass is 10.0. The lowest BCUT2D eigenvalue weighted by molar-refractivity contribution is -0.167. The largest absolute Gasteiger partial charge is 0.462 e. The number of unbranched alkanes of at least 4 members (excludes halogenated alkanes) is 41. The van der Waals surface area contributed by atoms with Crippen LogP contribution in [0.15, 0.2) is 36.5 Å². The van der Waals surface area contributed by atoms with E-state index >= 15 is 0 Å². The third-order valence-electron chi connectivity index (χ3n) is 14.1. The quantitative estimate of drug-likeness (QED) is 0.0261. The summed E-state index contributed by atoms with van der Waals surface area (Å²) >= 11 is 0. The van der Waals surface area contributed by atoms with Crippen LogP contribution in [0.3, 0.4) is 0 Å². The molecule has 0 aliphatic carbocycles. The first-order valence-electron chi connectivity index (χ1n) is 31.5. The monoisotopic (exact) mass is 997 g/mol. The molecular formula is C65H120O6. The van der Waals surface area contributed by atoms with E-state index in [1.807, 2.05) is 0 Å². The highest BCUT2D eigenvalue weighted by Gasteiger charge is 2.19. The zero-order chi connectivity index (χ0) is 51.4. The summed E-state index contributed by atoms with van der Waals surface area (Å²) in [5, 5.41) is 0. The third kappa shape index (κ3) is 58.4. The predicted molar refractivity (Wildman–Crippen MR) is 307 cm³/mol. The third-order valence-corrected chi connectivity index (χ3v) is 14.1. The minimum Gasteiger partial charge on any atom is -0.462 e. The van der Waals surface area contributed by atoms with Gasteiger partial charge < -0.3 is 14.2 Å². The molecule has 0 heterocycles. The van der Waals surface area contributed by atoms with Crippen LogP contribution >= 0.6 is 0 Å². The van der Waals surface area contributed by atoms with E-state index in [0.29, 0.717) is 19.3 Å².